The Morgan fingerprint density at radius 1 is 1.08 bits per heavy atom. The Labute approximate surface area is 77.0 Å². The molecule has 64 valence electrons. The zero-order valence-electron chi connectivity index (χ0n) is 6.92. The van der Waals surface area contributed by atoms with Gasteiger partial charge in [0.15, 0.2) is 0 Å². The summed E-state index contributed by atoms with van der Waals surface area (Å²) in [5, 5.41) is 0. The summed E-state index contributed by atoms with van der Waals surface area (Å²) in [6, 6.07) is 6.25. The van der Waals surface area contributed by atoms with Gasteiger partial charge in [0, 0.05) is 16.9 Å². The van der Waals surface area contributed by atoms with E-state index in [0.717, 1.165) is 16.9 Å². The molecule has 0 unspecified atom stereocenters. The Morgan fingerprint density at radius 3 is 2.58 bits per heavy atom. The molecule has 0 saturated heterocycles. The number of hydrogen-bond acceptors (Lipinski definition) is 2. The van der Waals surface area contributed by atoms with Crippen molar-refractivity contribution in [3.8, 4) is 0 Å². The van der Waals surface area contributed by atoms with Crippen LogP contribution in [0, 0.1) is 0 Å². The van der Waals surface area contributed by atoms with Crippen LogP contribution in [-0.2, 0) is 12.8 Å². The lowest BCUT2D eigenvalue weighted by Crippen LogP contribution is -2.01. The Kier molecular flexibility index (Phi) is 2.38. The Hall–Kier alpha value is -0.470. The first-order valence-electron chi connectivity index (χ1n) is 4.33. The summed E-state index contributed by atoms with van der Waals surface area (Å²) in [4.78, 5) is 0.968. The molecule has 0 fully saturated rings. The second kappa shape index (κ2) is 3.50. The molecular formula is C10H12OS. The van der Waals surface area contributed by atoms with E-state index in [4.69, 9.17) is 4.55 Å². The number of benzene rings is 1. The number of hydrogen-bond donors (Lipinski definition) is 1. The lowest BCUT2D eigenvalue weighted by atomic mass is 9.92. The van der Waals surface area contributed by atoms with Gasteiger partial charge in [-0.05, 0) is 48.9 Å². The molecule has 0 radical (unpaired) electrons. The molecule has 1 aromatic rings. The first-order valence-corrected chi connectivity index (χ1v) is 5.11. The zero-order valence-corrected chi connectivity index (χ0v) is 7.73. The van der Waals surface area contributed by atoms with Gasteiger partial charge in [-0.2, -0.15) is 0 Å². The molecule has 12 heavy (non-hydrogen) atoms. The fourth-order valence-corrected chi connectivity index (χ4v) is 2.09. The standard InChI is InChI=1S/C10H12OS/c11-12-10-6-5-8-3-1-2-4-9(8)7-10/h5-7,11H,1-4H2. The maximum Gasteiger partial charge on any atom is 0.0353 e. The molecule has 2 heteroatoms. The van der Waals surface area contributed by atoms with Gasteiger partial charge in [0.25, 0.3) is 0 Å². The van der Waals surface area contributed by atoms with Crippen LogP contribution in [0.15, 0.2) is 23.1 Å². The molecule has 1 nitrogen and oxygen atoms in total. The van der Waals surface area contributed by atoms with E-state index in [-0.39, 0.29) is 0 Å². The molecule has 1 aromatic carbocycles. The second-order valence-corrected chi connectivity index (χ2v) is 3.88. The van der Waals surface area contributed by atoms with Gasteiger partial charge in [-0.3, -0.25) is 0 Å². The summed E-state index contributed by atoms with van der Waals surface area (Å²) in [5.41, 5.74) is 2.90. The fourth-order valence-electron chi connectivity index (χ4n) is 1.77. The summed E-state index contributed by atoms with van der Waals surface area (Å²) in [6.45, 7) is 0. The number of rotatable bonds is 1. The smallest absolute Gasteiger partial charge is 0.0353 e. The van der Waals surface area contributed by atoms with Crippen molar-refractivity contribution in [1.29, 1.82) is 0 Å². The first-order chi connectivity index (χ1) is 5.90. The predicted octanol–water partition coefficient (Wildman–Crippen LogP) is 3.13. The SMILES string of the molecule is OSc1ccc2c(c1)CCCC2. The van der Waals surface area contributed by atoms with E-state index in [9.17, 15) is 0 Å². The fraction of sp³-hybridized carbons (Fsp3) is 0.400. The molecule has 0 saturated carbocycles. The van der Waals surface area contributed by atoms with Crippen LogP contribution >= 0.6 is 12.0 Å². The molecule has 0 amide bonds. The van der Waals surface area contributed by atoms with Crippen molar-refractivity contribution in [2.75, 3.05) is 0 Å². The summed E-state index contributed by atoms with van der Waals surface area (Å²) >= 11 is 0.842. The van der Waals surface area contributed by atoms with Crippen molar-refractivity contribution in [2.24, 2.45) is 0 Å². The van der Waals surface area contributed by atoms with E-state index in [1.54, 1.807) is 0 Å². The largest absolute Gasteiger partial charge is 0.325 e. The van der Waals surface area contributed by atoms with Crippen molar-refractivity contribution in [2.45, 2.75) is 30.6 Å². The first kappa shape index (κ1) is 8.14. The average molecular weight is 180 g/mol. The summed E-state index contributed by atoms with van der Waals surface area (Å²) in [7, 11) is 0. The van der Waals surface area contributed by atoms with Gasteiger partial charge in [0.2, 0.25) is 0 Å². The number of fused-ring (bicyclic) bond motifs is 1. The van der Waals surface area contributed by atoms with Crippen molar-refractivity contribution in [1.82, 2.24) is 0 Å². The van der Waals surface area contributed by atoms with Crippen molar-refractivity contribution >= 4 is 12.0 Å². The van der Waals surface area contributed by atoms with Gasteiger partial charge in [0.05, 0.1) is 0 Å². The normalized spacial score (nSPS) is 15.8. The second-order valence-electron chi connectivity index (χ2n) is 3.23. The highest BCUT2D eigenvalue weighted by Crippen LogP contribution is 2.25. The highest BCUT2D eigenvalue weighted by atomic mass is 32.2. The third-order valence-corrected chi connectivity index (χ3v) is 2.89. The van der Waals surface area contributed by atoms with Gasteiger partial charge >= 0.3 is 0 Å². The predicted molar refractivity (Wildman–Crippen MR) is 51.6 cm³/mol. The van der Waals surface area contributed by atoms with Crippen LogP contribution in [0.2, 0.25) is 0 Å². The Morgan fingerprint density at radius 2 is 1.83 bits per heavy atom. The van der Waals surface area contributed by atoms with Crippen molar-refractivity contribution in [3.05, 3.63) is 29.3 Å². The lowest BCUT2D eigenvalue weighted by Gasteiger charge is -2.15. The highest BCUT2D eigenvalue weighted by molar-refractivity contribution is 7.93. The van der Waals surface area contributed by atoms with Crippen molar-refractivity contribution < 1.29 is 4.55 Å². The third-order valence-electron chi connectivity index (χ3n) is 2.43. The van der Waals surface area contributed by atoms with E-state index in [2.05, 4.69) is 12.1 Å². The average Bonchev–Trinajstić information content (AvgIpc) is 2.17. The molecular weight excluding hydrogens is 168 g/mol. The van der Waals surface area contributed by atoms with Gasteiger partial charge in [-0.25, -0.2) is 0 Å². The number of aryl methyl sites for hydroxylation is 2. The topological polar surface area (TPSA) is 20.2 Å². The molecule has 2 rings (SSSR count). The van der Waals surface area contributed by atoms with E-state index in [1.807, 2.05) is 6.07 Å². The molecule has 0 atom stereocenters. The lowest BCUT2D eigenvalue weighted by molar-refractivity contribution is 0.661. The summed E-state index contributed by atoms with van der Waals surface area (Å²) in [6.07, 6.45) is 5.01. The molecule has 1 aliphatic carbocycles. The Bertz CT molecular complexity index is 283. The monoisotopic (exact) mass is 180 g/mol. The molecule has 1 N–H and O–H groups in total. The Balaban J connectivity index is 2.36. The summed E-state index contributed by atoms with van der Waals surface area (Å²) in [5.74, 6) is 0. The van der Waals surface area contributed by atoms with Gasteiger partial charge < -0.3 is 4.55 Å². The molecule has 0 aromatic heterocycles. The summed E-state index contributed by atoms with van der Waals surface area (Å²) < 4.78 is 8.86. The van der Waals surface area contributed by atoms with Crippen LogP contribution in [0.5, 0.6) is 0 Å². The minimum atomic E-state index is 0.842. The minimum absolute atomic E-state index is 0.842. The van der Waals surface area contributed by atoms with Crippen LogP contribution in [0.1, 0.15) is 24.0 Å². The highest BCUT2D eigenvalue weighted by Gasteiger charge is 2.08. The molecule has 0 bridgehead atoms. The van der Waals surface area contributed by atoms with Crippen molar-refractivity contribution in [3.63, 3.8) is 0 Å². The van der Waals surface area contributed by atoms with Crippen LogP contribution in [-0.4, -0.2) is 4.55 Å². The van der Waals surface area contributed by atoms with Crippen LogP contribution in [0.25, 0.3) is 0 Å². The van der Waals surface area contributed by atoms with Crippen LogP contribution in [0.3, 0.4) is 0 Å². The maximum absolute atomic E-state index is 8.86. The van der Waals surface area contributed by atoms with E-state index in [0.29, 0.717) is 0 Å². The van der Waals surface area contributed by atoms with Crippen LogP contribution < -0.4 is 0 Å². The maximum atomic E-state index is 8.86. The molecule has 0 heterocycles. The van der Waals surface area contributed by atoms with Gasteiger partial charge in [0.1, 0.15) is 0 Å². The quantitative estimate of drug-likeness (QED) is 0.670. The van der Waals surface area contributed by atoms with Gasteiger partial charge in [-0.15, -0.1) is 0 Å². The third kappa shape index (κ3) is 1.50. The molecule has 0 spiro atoms. The molecule has 0 aliphatic heterocycles. The van der Waals surface area contributed by atoms with E-state index in [1.165, 1.54) is 36.8 Å². The minimum Gasteiger partial charge on any atom is -0.325 e. The van der Waals surface area contributed by atoms with E-state index < -0.39 is 0 Å². The van der Waals surface area contributed by atoms with Gasteiger partial charge in [-0.1, -0.05) is 6.07 Å². The zero-order chi connectivity index (χ0) is 8.39. The van der Waals surface area contributed by atoms with Crippen LogP contribution in [0.4, 0.5) is 0 Å². The van der Waals surface area contributed by atoms with E-state index >= 15 is 0 Å². The molecule has 1 aliphatic rings.